The summed E-state index contributed by atoms with van der Waals surface area (Å²) in [6.07, 6.45) is 2.50. The smallest absolute Gasteiger partial charge is 0.250 e. The normalized spacial score (nSPS) is 10.8. The first-order valence-electron chi connectivity index (χ1n) is 4.86. The first-order chi connectivity index (χ1) is 8.66. The van der Waals surface area contributed by atoms with Crippen molar-refractivity contribution in [1.82, 2.24) is 10.2 Å². The largest absolute Gasteiger partial charge is 0.297 e. The minimum absolute atomic E-state index is 0.173. The van der Waals surface area contributed by atoms with Crippen LogP contribution >= 0.6 is 22.9 Å². The van der Waals surface area contributed by atoms with Crippen molar-refractivity contribution in [1.29, 1.82) is 0 Å². The van der Waals surface area contributed by atoms with Gasteiger partial charge in [-0.25, -0.2) is 4.39 Å². The maximum Gasteiger partial charge on any atom is 0.250 e. The van der Waals surface area contributed by atoms with Crippen LogP contribution in [0.5, 0.6) is 0 Å². The van der Waals surface area contributed by atoms with Crippen LogP contribution in [0.1, 0.15) is 5.56 Å². The van der Waals surface area contributed by atoms with E-state index in [0.29, 0.717) is 5.13 Å². The summed E-state index contributed by atoms with van der Waals surface area (Å²) < 4.78 is 13.4. The predicted octanol–water partition coefficient (Wildman–Crippen LogP) is 2.98. The standard InChI is InChI=1S/C11H7ClFN3OS/c12-8-2-1-3-9(13)7(8)4-5-10(17)15-11-16-14-6-18-11/h1-6H,(H,15,16,17)/b5-4-. The highest BCUT2D eigenvalue weighted by Gasteiger charge is 2.05. The van der Waals surface area contributed by atoms with Crippen molar-refractivity contribution in [3.8, 4) is 0 Å². The van der Waals surface area contributed by atoms with E-state index in [1.165, 1.54) is 41.1 Å². The van der Waals surface area contributed by atoms with E-state index >= 15 is 0 Å². The molecular weight excluding hydrogens is 277 g/mol. The van der Waals surface area contributed by atoms with Crippen molar-refractivity contribution in [3.63, 3.8) is 0 Å². The first-order valence-corrected chi connectivity index (χ1v) is 6.12. The Labute approximate surface area is 111 Å². The molecule has 0 aliphatic rings. The lowest BCUT2D eigenvalue weighted by Gasteiger charge is -1.99. The highest BCUT2D eigenvalue weighted by atomic mass is 35.5. The third-order valence-electron chi connectivity index (χ3n) is 1.99. The lowest BCUT2D eigenvalue weighted by Crippen LogP contribution is -2.07. The molecule has 0 spiro atoms. The Bertz CT molecular complexity index is 566. The van der Waals surface area contributed by atoms with Crippen LogP contribution in [0, 0.1) is 5.82 Å². The number of benzene rings is 1. The van der Waals surface area contributed by atoms with Crippen LogP contribution in [0.15, 0.2) is 29.8 Å². The Kier molecular flexibility index (Phi) is 4.01. The van der Waals surface area contributed by atoms with Gasteiger partial charge < -0.3 is 0 Å². The minimum atomic E-state index is -0.484. The van der Waals surface area contributed by atoms with E-state index in [1.807, 2.05) is 0 Å². The SMILES string of the molecule is O=C(/C=C\c1c(F)cccc1Cl)Nc1nncs1. The van der Waals surface area contributed by atoms with Crippen molar-refractivity contribution in [2.24, 2.45) is 0 Å². The van der Waals surface area contributed by atoms with Gasteiger partial charge in [0, 0.05) is 11.6 Å². The Balaban J connectivity index is 2.09. The fourth-order valence-corrected chi connectivity index (χ4v) is 1.88. The third kappa shape index (κ3) is 3.12. The van der Waals surface area contributed by atoms with E-state index in [9.17, 15) is 9.18 Å². The van der Waals surface area contributed by atoms with Gasteiger partial charge >= 0.3 is 0 Å². The number of rotatable bonds is 3. The predicted molar refractivity (Wildman–Crippen MR) is 69.0 cm³/mol. The Morgan fingerprint density at radius 2 is 2.33 bits per heavy atom. The molecule has 18 heavy (non-hydrogen) atoms. The fourth-order valence-electron chi connectivity index (χ4n) is 1.20. The number of hydrogen-bond donors (Lipinski definition) is 1. The maximum atomic E-state index is 13.4. The molecule has 2 aromatic rings. The maximum absolute atomic E-state index is 13.4. The molecule has 0 radical (unpaired) electrons. The Morgan fingerprint density at radius 3 is 3.00 bits per heavy atom. The molecule has 0 atom stereocenters. The number of nitrogens with zero attached hydrogens (tertiary/aromatic N) is 2. The van der Waals surface area contributed by atoms with Crippen LogP contribution in [0.25, 0.3) is 6.08 Å². The molecule has 0 unspecified atom stereocenters. The van der Waals surface area contributed by atoms with Gasteiger partial charge in [0.2, 0.25) is 11.0 Å². The summed E-state index contributed by atoms with van der Waals surface area (Å²) >= 11 is 7.00. The van der Waals surface area contributed by atoms with Crippen LogP contribution in [0.2, 0.25) is 5.02 Å². The van der Waals surface area contributed by atoms with Gasteiger partial charge in [-0.1, -0.05) is 29.0 Å². The zero-order valence-electron chi connectivity index (χ0n) is 8.93. The number of hydrogen-bond acceptors (Lipinski definition) is 4. The summed E-state index contributed by atoms with van der Waals surface area (Å²) in [4.78, 5) is 11.5. The monoisotopic (exact) mass is 283 g/mol. The number of halogens is 2. The van der Waals surface area contributed by atoms with Crippen molar-refractivity contribution < 1.29 is 9.18 Å². The summed E-state index contributed by atoms with van der Waals surface area (Å²) in [5.41, 5.74) is 1.67. The molecule has 4 nitrogen and oxygen atoms in total. The zero-order chi connectivity index (χ0) is 13.0. The van der Waals surface area contributed by atoms with E-state index in [2.05, 4.69) is 15.5 Å². The van der Waals surface area contributed by atoms with Crippen LogP contribution in [-0.4, -0.2) is 16.1 Å². The second-order valence-electron chi connectivity index (χ2n) is 3.20. The summed E-state index contributed by atoms with van der Waals surface area (Å²) in [6, 6.07) is 4.32. The van der Waals surface area contributed by atoms with Crippen molar-refractivity contribution in [2.45, 2.75) is 0 Å². The Hall–Kier alpha value is -1.79. The molecule has 2 rings (SSSR count). The molecule has 0 aliphatic carbocycles. The number of aromatic nitrogens is 2. The van der Waals surface area contributed by atoms with Crippen LogP contribution in [0.3, 0.4) is 0 Å². The van der Waals surface area contributed by atoms with Gasteiger partial charge in [-0.2, -0.15) is 0 Å². The number of nitrogens with one attached hydrogen (secondary N) is 1. The highest BCUT2D eigenvalue weighted by molar-refractivity contribution is 7.13. The molecule has 0 saturated carbocycles. The van der Waals surface area contributed by atoms with E-state index in [0.717, 1.165) is 0 Å². The average molecular weight is 284 g/mol. The summed E-state index contributed by atoms with van der Waals surface area (Å²) in [7, 11) is 0. The summed E-state index contributed by atoms with van der Waals surface area (Å²) in [6.45, 7) is 0. The van der Waals surface area contributed by atoms with Gasteiger partial charge in [0.05, 0.1) is 5.02 Å². The first kappa shape index (κ1) is 12.7. The molecule has 1 N–H and O–H groups in total. The molecular formula is C11H7ClFN3OS. The molecule has 1 amide bonds. The second-order valence-corrected chi connectivity index (χ2v) is 4.44. The van der Waals surface area contributed by atoms with Crippen molar-refractivity contribution in [3.05, 3.63) is 46.2 Å². The lowest BCUT2D eigenvalue weighted by molar-refractivity contribution is -0.111. The molecule has 0 fully saturated rings. The fraction of sp³-hybridized carbons (Fsp3) is 0. The number of carbonyl (C=O) groups excluding carboxylic acids is 1. The van der Waals surface area contributed by atoms with Gasteiger partial charge in [0.25, 0.3) is 0 Å². The molecule has 1 aromatic heterocycles. The number of anilines is 1. The van der Waals surface area contributed by atoms with E-state index in [1.54, 1.807) is 6.07 Å². The summed E-state index contributed by atoms with van der Waals surface area (Å²) in [5.74, 6) is -0.909. The third-order valence-corrected chi connectivity index (χ3v) is 2.93. The van der Waals surface area contributed by atoms with Crippen molar-refractivity contribution in [2.75, 3.05) is 5.32 Å². The van der Waals surface area contributed by atoms with E-state index < -0.39 is 11.7 Å². The number of carbonyl (C=O) groups is 1. The quantitative estimate of drug-likeness (QED) is 0.881. The second kappa shape index (κ2) is 5.70. The Morgan fingerprint density at radius 1 is 1.50 bits per heavy atom. The van der Waals surface area contributed by atoms with Gasteiger partial charge in [-0.15, -0.1) is 10.2 Å². The topological polar surface area (TPSA) is 54.9 Å². The number of amides is 1. The molecule has 1 aromatic carbocycles. The lowest BCUT2D eigenvalue weighted by atomic mass is 10.2. The van der Waals surface area contributed by atoms with E-state index in [-0.39, 0.29) is 10.6 Å². The van der Waals surface area contributed by atoms with Gasteiger partial charge in [-0.05, 0) is 18.2 Å². The minimum Gasteiger partial charge on any atom is -0.297 e. The van der Waals surface area contributed by atoms with Gasteiger partial charge in [-0.3, -0.25) is 10.1 Å². The molecule has 1 heterocycles. The molecule has 7 heteroatoms. The molecule has 0 aliphatic heterocycles. The molecule has 92 valence electrons. The summed E-state index contributed by atoms with van der Waals surface area (Å²) in [5, 5.41) is 10.3. The van der Waals surface area contributed by atoms with E-state index in [4.69, 9.17) is 11.6 Å². The molecule has 0 saturated heterocycles. The zero-order valence-corrected chi connectivity index (χ0v) is 10.5. The van der Waals surface area contributed by atoms with Crippen LogP contribution < -0.4 is 5.32 Å². The average Bonchev–Trinajstić information content (AvgIpc) is 2.81. The highest BCUT2D eigenvalue weighted by Crippen LogP contribution is 2.20. The van der Waals surface area contributed by atoms with Crippen molar-refractivity contribution >= 4 is 40.1 Å². The van der Waals surface area contributed by atoms with Crippen LogP contribution in [0.4, 0.5) is 9.52 Å². The van der Waals surface area contributed by atoms with Gasteiger partial charge in [0.1, 0.15) is 11.3 Å². The van der Waals surface area contributed by atoms with Gasteiger partial charge in [0.15, 0.2) is 0 Å². The molecule has 0 bridgehead atoms. The van der Waals surface area contributed by atoms with Crippen LogP contribution in [-0.2, 0) is 4.79 Å².